The molecule has 0 spiro atoms. The molecule has 0 aromatic carbocycles. The van der Waals surface area contributed by atoms with Crippen molar-refractivity contribution in [2.24, 2.45) is 5.41 Å². The van der Waals surface area contributed by atoms with Gasteiger partial charge < -0.3 is 0 Å². The zero-order valence-corrected chi connectivity index (χ0v) is 13.3. The van der Waals surface area contributed by atoms with Crippen LogP contribution in [0.1, 0.15) is 31.9 Å². The highest BCUT2D eigenvalue weighted by atomic mass is 35.5. The van der Waals surface area contributed by atoms with E-state index in [1.54, 1.807) is 10.9 Å². The van der Waals surface area contributed by atoms with Gasteiger partial charge in [-0.15, -0.1) is 28.3 Å². The van der Waals surface area contributed by atoms with Gasteiger partial charge in [-0.3, -0.25) is 4.68 Å². The smallest absolute Gasteiger partial charge is 0.214 e. The lowest BCUT2D eigenvalue weighted by Crippen LogP contribution is -2.26. The minimum absolute atomic E-state index is 0.169. The number of nitrogens with zero attached hydrogens (tertiary/aromatic N) is 3. The van der Waals surface area contributed by atoms with Gasteiger partial charge in [0.05, 0.1) is 24.0 Å². The molecule has 2 aliphatic carbocycles. The summed E-state index contributed by atoms with van der Waals surface area (Å²) in [7, 11) is -3.19. The fraction of sp³-hybridized carbons (Fsp3) is 0.818. The van der Waals surface area contributed by atoms with E-state index >= 15 is 0 Å². The third-order valence-electron chi connectivity index (χ3n) is 3.88. The Kier molecular flexibility index (Phi) is 3.32. The van der Waals surface area contributed by atoms with Crippen LogP contribution in [0, 0.1) is 5.41 Å². The zero-order chi connectivity index (χ0) is 14.6. The maximum atomic E-state index is 11.7. The first-order valence-corrected chi connectivity index (χ1v) is 8.77. The monoisotopic (exact) mass is 338 g/mol. The molecule has 1 N–H and O–H groups in total. The third kappa shape index (κ3) is 2.81. The van der Waals surface area contributed by atoms with E-state index in [1.807, 2.05) is 6.92 Å². The molecule has 3 rings (SSSR count). The van der Waals surface area contributed by atoms with Gasteiger partial charge >= 0.3 is 0 Å². The Morgan fingerprint density at radius 2 is 2.15 bits per heavy atom. The highest BCUT2D eigenvalue weighted by Crippen LogP contribution is 2.64. The number of hydrogen-bond donors (Lipinski definition) is 1. The average molecular weight is 339 g/mol. The molecule has 0 bridgehead atoms. The Labute approximate surface area is 127 Å². The Morgan fingerprint density at radius 3 is 2.70 bits per heavy atom. The lowest BCUT2D eigenvalue weighted by atomic mass is 10.1. The van der Waals surface area contributed by atoms with Crippen LogP contribution in [0.3, 0.4) is 0 Å². The topological polar surface area (TPSA) is 76.9 Å². The lowest BCUT2D eigenvalue weighted by molar-refractivity contribution is 0.419. The molecule has 9 heteroatoms. The van der Waals surface area contributed by atoms with E-state index in [-0.39, 0.29) is 17.2 Å². The summed E-state index contributed by atoms with van der Waals surface area (Å²) in [6.07, 6.45) is 3.93. The van der Waals surface area contributed by atoms with Crippen LogP contribution in [0.5, 0.6) is 0 Å². The highest BCUT2D eigenvalue weighted by molar-refractivity contribution is 7.90. The van der Waals surface area contributed by atoms with E-state index < -0.39 is 14.4 Å². The molecule has 0 amide bonds. The fourth-order valence-electron chi connectivity index (χ4n) is 2.14. The Bertz CT molecular complexity index is 626. The number of hydrogen-bond acceptors (Lipinski definition) is 4. The van der Waals surface area contributed by atoms with Gasteiger partial charge in [-0.25, -0.2) is 13.1 Å². The second-order valence-electron chi connectivity index (χ2n) is 5.91. The van der Waals surface area contributed by atoms with Crippen LogP contribution in [0.15, 0.2) is 6.20 Å². The van der Waals surface area contributed by atoms with E-state index in [1.165, 1.54) is 0 Å². The first-order chi connectivity index (χ1) is 9.22. The van der Waals surface area contributed by atoms with E-state index in [4.69, 9.17) is 23.2 Å². The van der Waals surface area contributed by atoms with Crippen molar-refractivity contribution in [2.75, 3.05) is 0 Å². The molecule has 20 heavy (non-hydrogen) atoms. The van der Waals surface area contributed by atoms with Crippen molar-refractivity contribution in [3.63, 3.8) is 0 Å². The number of rotatable bonds is 6. The molecule has 1 atom stereocenters. The van der Waals surface area contributed by atoms with Gasteiger partial charge in [-0.1, -0.05) is 12.1 Å². The van der Waals surface area contributed by atoms with Crippen molar-refractivity contribution in [1.82, 2.24) is 19.7 Å². The second kappa shape index (κ2) is 4.56. The molecule has 1 aromatic rings. The zero-order valence-electron chi connectivity index (χ0n) is 11.0. The first kappa shape index (κ1) is 14.6. The minimum Gasteiger partial charge on any atom is -0.252 e. The van der Waals surface area contributed by atoms with Gasteiger partial charge in [0.15, 0.2) is 0 Å². The average Bonchev–Trinajstić information content (AvgIpc) is 3.19. The largest absolute Gasteiger partial charge is 0.252 e. The molecule has 1 aromatic heterocycles. The molecule has 0 aliphatic heterocycles. The van der Waals surface area contributed by atoms with Crippen LogP contribution in [0.25, 0.3) is 0 Å². The number of halogens is 2. The molecule has 112 valence electrons. The van der Waals surface area contributed by atoms with E-state index in [9.17, 15) is 8.42 Å². The lowest BCUT2D eigenvalue weighted by Gasteiger charge is -2.10. The number of alkyl halides is 2. The summed E-state index contributed by atoms with van der Waals surface area (Å²) >= 11 is 12.2. The number of sulfonamides is 1. The maximum Gasteiger partial charge on any atom is 0.214 e. The summed E-state index contributed by atoms with van der Waals surface area (Å²) in [5, 5.41) is 7.72. The second-order valence-corrected chi connectivity index (χ2v) is 9.44. The molecule has 1 unspecified atom stereocenters. The first-order valence-electron chi connectivity index (χ1n) is 6.47. The summed E-state index contributed by atoms with van der Waals surface area (Å²) in [5.41, 5.74) is 0.391. The molecule has 2 fully saturated rings. The van der Waals surface area contributed by atoms with Crippen molar-refractivity contribution in [2.45, 2.75) is 48.9 Å². The van der Waals surface area contributed by atoms with Crippen LogP contribution >= 0.6 is 23.2 Å². The predicted molar refractivity (Wildman–Crippen MR) is 76.0 cm³/mol. The Morgan fingerprint density at radius 1 is 1.50 bits per heavy atom. The predicted octanol–water partition coefficient (Wildman–Crippen LogP) is 1.44. The quantitative estimate of drug-likeness (QED) is 0.796. The van der Waals surface area contributed by atoms with Gasteiger partial charge in [0.25, 0.3) is 0 Å². The normalized spacial score (nSPS) is 28.6. The fourth-order valence-corrected chi connectivity index (χ4v) is 4.19. The van der Waals surface area contributed by atoms with E-state index in [0.29, 0.717) is 18.7 Å². The molecule has 1 heterocycles. The third-order valence-corrected chi connectivity index (χ3v) is 6.96. The SMILES string of the molecule is CC1(Cn2cc(CNS(=O)(=O)C3CC3)nn2)CC1(Cl)Cl. The van der Waals surface area contributed by atoms with Crippen molar-refractivity contribution in [1.29, 1.82) is 0 Å². The highest BCUT2D eigenvalue weighted by Gasteiger charge is 2.63. The van der Waals surface area contributed by atoms with Gasteiger partial charge in [0, 0.05) is 11.6 Å². The van der Waals surface area contributed by atoms with Crippen LogP contribution in [0.2, 0.25) is 0 Å². The summed E-state index contributed by atoms with van der Waals surface area (Å²) in [6, 6.07) is 0. The summed E-state index contributed by atoms with van der Waals surface area (Å²) in [5.74, 6) is 0. The van der Waals surface area contributed by atoms with Gasteiger partial charge in [0.2, 0.25) is 10.0 Å². The molecule has 6 nitrogen and oxygen atoms in total. The van der Waals surface area contributed by atoms with E-state index in [0.717, 1.165) is 12.8 Å². The Balaban J connectivity index is 1.57. The summed E-state index contributed by atoms with van der Waals surface area (Å²) in [4.78, 5) is 0. The number of nitrogens with one attached hydrogen (secondary N) is 1. The maximum absolute atomic E-state index is 11.7. The van der Waals surface area contributed by atoms with Crippen molar-refractivity contribution >= 4 is 33.2 Å². The molecule has 0 radical (unpaired) electrons. The van der Waals surface area contributed by atoms with Gasteiger partial charge in [-0.2, -0.15) is 0 Å². The van der Waals surface area contributed by atoms with Crippen LogP contribution in [0.4, 0.5) is 0 Å². The minimum atomic E-state index is -3.19. The molecule has 0 saturated heterocycles. The molecular weight excluding hydrogens is 323 g/mol. The molecular formula is C11H16Cl2N4O2S. The van der Waals surface area contributed by atoms with Crippen LogP contribution in [-0.2, 0) is 23.1 Å². The molecule has 2 aliphatic rings. The van der Waals surface area contributed by atoms with Crippen molar-refractivity contribution in [3.8, 4) is 0 Å². The standard InChI is InChI=1S/C11H16Cl2N4O2S/c1-10(6-11(10,12)13)7-17-5-8(15-16-17)4-14-20(18,19)9-2-3-9/h5,9,14H,2-4,6-7H2,1H3. The van der Waals surface area contributed by atoms with Crippen LogP contribution < -0.4 is 4.72 Å². The molecule has 2 saturated carbocycles. The van der Waals surface area contributed by atoms with Crippen LogP contribution in [-0.4, -0.2) is 33.0 Å². The van der Waals surface area contributed by atoms with Crippen molar-refractivity contribution in [3.05, 3.63) is 11.9 Å². The van der Waals surface area contributed by atoms with E-state index in [2.05, 4.69) is 15.0 Å². The van der Waals surface area contributed by atoms with Gasteiger partial charge in [-0.05, 0) is 19.3 Å². The summed E-state index contributed by atoms with van der Waals surface area (Å²) < 4.78 is 26.9. The van der Waals surface area contributed by atoms with Crippen molar-refractivity contribution < 1.29 is 8.42 Å². The number of aromatic nitrogens is 3. The summed E-state index contributed by atoms with van der Waals surface area (Å²) in [6.45, 7) is 2.73. The Hall–Kier alpha value is -0.370. The van der Waals surface area contributed by atoms with Gasteiger partial charge in [0.1, 0.15) is 4.33 Å².